The van der Waals surface area contributed by atoms with E-state index in [1.165, 1.54) is 4.90 Å². The van der Waals surface area contributed by atoms with Gasteiger partial charge in [0.05, 0.1) is 12.5 Å². The Morgan fingerprint density at radius 3 is 2.33 bits per heavy atom. The predicted octanol–water partition coefficient (Wildman–Crippen LogP) is 2.33. The molecule has 2 aromatic rings. The fraction of sp³-hybridized carbons (Fsp3) is 0.292. The van der Waals surface area contributed by atoms with Crippen LogP contribution >= 0.6 is 0 Å². The summed E-state index contributed by atoms with van der Waals surface area (Å²) in [7, 11) is 0. The van der Waals surface area contributed by atoms with E-state index in [9.17, 15) is 19.2 Å². The number of nitrogens with one attached hydrogen (secondary N) is 1. The first-order valence-electron chi connectivity index (χ1n) is 10.5. The van der Waals surface area contributed by atoms with Gasteiger partial charge >= 0.3 is 12.0 Å². The van der Waals surface area contributed by atoms with Gasteiger partial charge in [0.25, 0.3) is 11.8 Å². The molecule has 0 saturated carbocycles. The molecule has 1 fully saturated rings. The number of amides is 4. The van der Waals surface area contributed by atoms with Crippen molar-refractivity contribution in [2.75, 3.05) is 24.6 Å². The molecule has 0 radical (unpaired) electrons. The van der Waals surface area contributed by atoms with E-state index in [1.807, 2.05) is 6.07 Å². The number of carbonyl (C=O) groups is 4. The van der Waals surface area contributed by atoms with Gasteiger partial charge in [-0.1, -0.05) is 55.5 Å². The number of esters is 1. The van der Waals surface area contributed by atoms with Crippen molar-refractivity contribution in [2.45, 2.75) is 25.3 Å². The van der Waals surface area contributed by atoms with Crippen LogP contribution in [0.4, 0.5) is 10.5 Å². The molecule has 9 heteroatoms. The summed E-state index contributed by atoms with van der Waals surface area (Å²) in [5.41, 5.74) is -0.0677. The molecule has 1 unspecified atom stereocenters. The van der Waals surface area contributed by atoms with E-state index in [0.29, 0.717) is 17.7 Å². The van der Waals surface area contributed by atoms with Crippen LogP contribution in [0, 0.1) is 11.3 Å². The van der Waals surface area contributed by atoms with E-state index < -0.39 is 42.5 Å². The van der Waals surface area contributed by atoms with Crippen LogP contribution < -0.4 is 10.2 Å². The number of nitrogens with zero attached hydrogens (tertiary/aromatic N) is 3. The third-order valence-corrected chi connectivity index (χ3v) is 5.43. The monoisotopic (exact) mass is 448 g/mol. The lowest BCUT2D eigenvalue weighted by molar-refractivity contribution is -0.150. The van der Waals surface area contributed by atoms with Crippen molar-refractivity contribution < 1.29 is 23.9 Å². The molecule has 2 aromatic carbocycles. The highest BCUT2D eigenvalue weighted by Gasteiger charge is 2.51. The highest BCUT2D eigenvalue weighted by atomic mass is 16.5. The Labute approximate surface area is 191 Å². The Morgan fingerprint density at radius 2 is 1.73 bits per heavy atom. The first kappa shape index (κ1) is 23.5. The van der Waals surface area contributed by atoms with Crippen LogP contribution in [0.15, 0.2) is 60.7 Å². The lowest BCUT2D eigenvalue weighted by Gasteiger charge is -2.25. The fourth-order valence-electron chi connectivity index (χ4n) is 3.69. The van der Waals surface area contributed by atoms with E-state index in [1.54, 1.807) is 67.6 Å². The fourth-order valence-corrected chi connectivity index (χ4v) is 3.69. The van der Waals surface area contributed by atoms with Crippen LogP contribution in [0.2, 0.25) is 0 Å². The summed E-state index contributed by atoms with van der Waals surface area (Å²) in [5, 5.41) is 11.6. The number of nitriles is 1. The molecule has 4 amide bonds. The summed E-state index contributed by atoms with van der Waals surface area (Å²) in [6, 6.07) is 18.8. The lowest BCUT2D eigenvalue weighted by Crippen LogP contribution is -2.44. The van der Waals surface area contributed by atoms with E-state index >= 15 is 0 Å². The predicted molar refractivity (Wildman–Crippen MR) is 119 cm³/mol. The van der Waals surface area contributed by atoms with Gasteiger partial charge in [-0.2, -0.15) is 5.26 Å². The second-order valence-electron chi connectivity index (χ2n) is 7.40. The normalized spacial score (nSPS) is 17.3. The van der Waals surface area contributed by atoms with Gasteiger partial charge in [0.1, 0.15) is 12.1 Å². The molecule has 1 N–H and O–H groups in total. The average molecular weight is 448 g/mol. The Balaban J connectivity index is 1.64. The van der Waals surface area contributed by atoms with Gasteiger partial charge < -0.3 is 15.0 Å². The van der Waals surface area contributed by atoms with E-state index in [-0.39, 0.29) is 13.0 Å². The number of hydrogen-bond donors (Lipinski definition) is 1. The molecular weight excluding hydrogens is 424 g/mol. The van der Waals surface area contributed by atoms with Crippen molar-refractivity contribution >= 4 is 29.5 Å². The number of carbonyl (C=O) groups excluding carboxylic acids is 4. The number of anilines is 1. The second-order valence-corrected chi connectivity index (χ2v) is 7.40. The molecule has 0 bridgehead atoms. The summed E-state index contributed by atoms with van der Waals surface area (Å²) in [6.07, 6.45) is 0.409. The molecule has 33 heavy (non-hydrogen) atoms. The van der Waals surface area contributed by atoms with Crippen molar-refractivity contribution in [3.63, 3.8) is 0 Å². The van der Waals surface area contributed by atoms with Crippen molar-refractivity contribution in [2.24, 2.45) is 0 Å². The first-order valence-corrected chi connectivity index (χ1v) is 10.5. The van der Waals surface area contributed by atoms with Crippen molar-refractivity contribution in [3.05, 3.63) is 66.2 Å². The number of para-hydroxylation sites is 1. The van der Waals surface area contributed by atoms with E-state index in [0.717, 1.165) is 4.90 Å². The van der Waals surface area contributed by atoms with Crippen molar-refractivity contribution in [1.29, 1.82) is 5.26 Å². The zero-order valence-electron chi connectivity index (χ0n) is 18.2. The number of urea groups is 1. The van der Waals surface area contributed by atoms with E-state index in [4.69, 9.17) is 10.00 Å². The van der Waals surface area contributed by atoms with Gasteiger partial charge in [0, 0.05) is 12.2 Å². The quantitative estimate of drug-likeness (QED) is 0.464. The Hall–Kier alpha value is -4.19. The maximum Gasteiger partial charge on any atom is 0.326 e. The molecule has 9 nitrogen and oxygen atoms in total. The van der Waals surface area contributed by atoms with Crippen LogP contribution in [0.5, 0.6) is 0 Å². The standard InChI is InChI=1S/C24H24N4O5/c1-2-24(18-10-5-3-6-11-18)22(31)28(23(32)26-24)16-21(30)33-17-20(29)27(15-9-14-25)19-12-7-4-8-13-19/h3-8,10-13H,2,9,15-17H2,1H3,(H,26,32). The Kier molecular flexibility index (Phi) is 7.41. The number of imide groups is 1. The average Bonchev–Trinajstić information content (AvgIpc) is 3.09. The molecule has 1 heterocycles. The molecule has 1 aliphatic rings. The molecule has 1 aliphatic heterocycles. The molecule has 0 aromatic heterocycles. The zero-order chi connectivity index (χ0) is 23.8. The Bertz CT molecular complexity index is 1070. The molecule has 0 spiro atoms. The topological polar surface area (TPSA) is 120 Å². The highest BCUT2D eigenvalue weighted by molar-refractivity contribution is 6.09. The highest BCUT2D eigenvalue weighted by Crippen LogP contribution is 2.32. The van der Waals surface area contributed by atoms with Crippen molar-refractivity contribution in [3.8, 4) is 6.07 Å². The molecule has 170 valence electrons. The third-order valence-electron chi connectivity index (χ3n) is 5.43. The second kappa shape index (κ2) is 10.4. The zero-order valence-corrected chi connectivity index (χ0v) is 18.2. The number of ether oxygens (including phenoxy) is 1. The third kappa shape index (κ3) is 5.01. The van der Waals surface area contributed by atoms with Gasteiger partial charge in [-0.25, -0.2) is 4.79 Å². The van der Waals surface area contributed by atoms with Crippen LogP contribution in [-0.2, 0) is 24.7 Å². The smallest absolute Gasteiger partial charge is 0.326 e. The van der Waals surface area contributed by atoms with Gasteiger partial charge in [0.2, 0.25) is 0 Å². The SMILES string of the molecule is CCC1(c2ccccc2)NC(=O)N(CC(=O)OCC(=O)N(CCC#N)c2ccccc2)C1=O. The van der Waals surface area contributed by atoms with Crippen LogP contribution in [0.1, 0.15) is 25.3 Å². The van der Waals surface area contributed by atoms with Crippen LogP contribution in [0.3, 0.4) is 0 Å². The number of benzene rings is 2. The maximum atomic E-state index is 13.1. The summed E-state index contributed by atoms with van der Waals surface area (Å²) in [6.45, 7) is 0.710. The number of rotatable bonds is 9. The summed E-state index contributed by atoms with van der Waals surface area (Å²) in [4.78, 5) is 52.7. The minimum Gasteiger partial charge on any atom is -0.454 e. The maximum absolute atomic E-state index is 13.1. The summed E-state index contributed by atoms with van der Waals surface area (Å²) in [5.74, 6) is -1.96. The van der Waals surface area contributed by atoms with Gasteiger partial charge in [-0.15, -0.1) is 0 Å². The van der Waals surface area contributed by atoms with E-state index in [2.05, 4.69) is 5.32 Å². The molecule has 3 rings (SSSR count). The molecular formula is C24H24N4O5. The molecule has 1 saturated heterocycles. The van der Waals surface area contributed by atoms with Crippen molar-refractivity contribution in [1.82, 2.24) is 10.2 Å². The van der Waals surface area contributed by atoms with Gasteiger partial charge in [-0.05, 0) is 24.1 Å². The van der Waals surface area contributed by atoms with Gasteiger partial charge in [-0.3, -0.25) is 19.3 Å². The minimum atomic E-state index is -1.25. The van der Waals surface area contributed by atoms with Crippen LogP contribution in [-0.4, -0.2) is 48.4 Å². The molecule has 1 atom stereocenters. The minimum absolute atomic E-state index is 0.107. The number of hydrogen-bond acceptors (Lipinski definition) is 6. The first-order chi connectivity index (χ1) is 15.9. The van der Waals surface area contributed by atoms with Gasteiger partial charge in [0.15, 0.2) is 6.61 Å². The summed E-state index contributed by atoms with van der Waals surface area (Å²) >= 11 is 0. The summed E-state index contributed by atoms with van der Waals surface area (Å²) < 4.78 is 5.07. The Morgan fingerprint density at radius 1 is 1.09 bits per heavy atom. The largest absolute Gasteiger partial charge is 0.454 e. The lowest BCUT2D eigenvalue weighted by atomic mass is 9.87. The van der Waals surface area contributed by atoms with Crippen LogP contribution in [0.25, 0.3) is 0 Å². The molecule has 0 aliphatic carbocycles.